The van der Waals surface area contributed by atoms with Gasteiger partial charge in [0.1, 0.15) is 0 Å². The summed E-state index contributed by atoms with van der Waals surface area (Å²) in [7, 11) is 0. The van der Waals surface area contributed by atoms with Gasteiger partial charge >= 0.3 is 12.1 Å². The summed E-state index contributed by atoms with van der Waals surface area (Å²) in [4.78, 5) is 31.3. The van der Waals surface area contributed by atoms with E-state index in [1.165, 1.54) is 6.42 Å². The molecule has 7 nitrogen and oxygen atoms in total. The molecule has 1 aromatic heterocycles. The molecule has 0 spiro atoms. The summed E-state index contributed by atoms with van der Waals surface area (Å²) >= 11 is 0. The number of carboxylic acid groups (broad SMARTS) is 1. The largest absolute Gasteiger partial charge is 0.490 e. The van der Waals surface area contributed by atoms with Crippen LogP contribution in [0.25, 0.3) is 0 Å². The molecule has 1 aromatic rings. The third-order valence-corrected chi connectivity index (χ3v) is 4.11. The van der Waals surface area contributed by atoms with Crippen LogP contribution in [0.1, 0.15) is 25.7 Å². The van der Waals surface area contributed by atoms with E-state index in [0.29, 0.717) is 23.7 Å². The average molecular weight is 374 g/mol. The van der Waals surface area contributed by atoms with Crippen LogP contribution in [0.15, 0.2) is 18.5 Å². The predicted octanol–water partition coefficient (Wildman–Crippen LogP) is 2.17. The van der Waals surface area contributed by atoms with E-state index in [2.05, 4.69) is 20.2 Å². The van der Waals surface area contributed by atoms with Crippen LogP contribution in [-0.4, -0.2) is 57.7 Å². The molecule has 2 heterocycles. The smallest absolute Gasteiger partial charge is 0.475 e. The Labute approximate surface area is 148 Å². The van der Waals surface area contributed by atoms with E-state index >= 15 is 0 Å². The van der Waals surface area contributed by atoms with Crippen LogP contribution in [0, 0.1) is 11.8 Å². The lowest BCUT2D eigenvalue weighted by Gasteiger charge is -2.33. The van der Waals surface area contributed by atoms with Gasteiger partial charge in [-0.3, -0.25) is 4.79 Å². The van der Waals surface area contributed by atoms with Crippen LogP contribution in [0.2, 0.25) is 0 Å². The number of aromatic nitrogens is 2. The van der Waals surface area contributed by atoms with Gasteiger partial charge in [0, 0.05) is 37.9 Å². The van der Waals surface area contributed by atoms with E-state index in [9.17, 15) is 18.0 Å². The lowest BCUT2D eigenvalue weighted by atomic mass is 9.97. The van der Waals surface area contributed by atoms with E-state index in [4.69, 9.17) is 9.90 Å². The fourth-order valence-electron chi connectivity index (χ4n) is 2.65. The van der Waals surface area contributed by atoms with E-state index in [1.807, 2.05) is 6.07 Å². The minimum Gasteiger partial charge on any atom is -0.475 e. The monoisotopic (exact) mass is 374 g/mol. The quantitative estimate of drug-likeness (QED) is 0.839. The molecule has 0 aromatic carbocycles. The number of carbonyl (C=O) groups excluding carboxylic acids is 1. The number of amides is 1. The number of halogens is 3. The zero-order valence-electron chi connectivity index (χ0n) is 14.1. The molecule has 1 aliphatic carbocycles. The second-order valence-corrected chi connectivity index (χ2v) is 6.32. The van der Waals surface area contributed by atoms with E-state index in [1.54, 1.807) is 12.4 Å². The lowest BCUT2D eigenvalue weighted by molar-refractivity contribution is -0.192. The number of nitrogens with zero attached hydrogens (tertiary/aromatic N) is 3. The van der Waals surface area contributed by atoms with Gasteiger partial charge in [0.05, 0.1) is 0 Å². The summed E-state index contributed by atoms with van der Waals surface area (Å²) in [6.07, 6.45) is 2.86. The number of likely N-dealkylation sites (tertiary alicyclic amines) is 1. The number of alkyl halides is 3. The van der Waals surface area contributed by atoms with Crippen molar-refractivity contribution in [2.75, 3.05) is 25.0 Å². The van der Waals surface area contributed by atoms with Gasteiger partial charge < -0.3 is 15.3 Å². The molecule has 2 fully saturated rings. The first-order chi connectivity index (χ1) is 12.3. The summed E-state index contributed by atoms with van der Waals surface area (Å²) in [5, 5.41) is 10.4. The van der Waals surface area contributed by atoms with Crippen LogP contribution in [0.4, 0.5) is 19.1 Å². The van der Waals surface area contributed by atoms with E-state index in [0.717, 1.165) is 38.9 Å². The van der Waals surface area contributed by atoms with E-state index < -0.39 is 12.1 Å². The molecular formula is C16H21F3N4O3. The van der Waals surface area contributed by atoms with Gasteiger partial charge in [0.25, 0.3) is 0 Å². The van der Waals surface area contributed by atoms with Crippen molar-refractivity contribution in [2.24, 2.45) is 11.8 Å². The minimum absolute atomic E-state index is 0.337. The zero-order valence-corrected chi connectivity index (χ0v) is 14.1. The normalized spacial score (nSPS) is 20.0. The number of anilines is 1. The Bertz CT molecular complexity index is 609. The highest BCUT2D eigenvalue weighted by atomic mass is 19.4. The minimum atomic E-state index is -5.08. The lowest BCUT2D eigenvalue weighted by Crippen LogP contribution is -2.42. The molecule has 1 aliphatic heterocycles. The zero-order chi connectivity index (χ0) is 19.2. The number of carbonyl (C=O) groups is 2. The maximum absolute atomic E-state index is 12.1. The molecule has 2 aliphatic rings. The van der Waals surface area contributed by atoms with Crippen molar-refractivity contribution in [1.29, 1.82) is 0 Å². The van der Waals surface area contributed by atoms with Crippen molar-refractivity contribution in [1.82, 2.24) is 14.9 Å². The number of nitrogens with one attached hydrogen (secondary N) is 1. The second kappa shape index (κ2) is 8.81. The summed E-state index contributed by atoms with van der Waals surface area (Å²) in [5.41, 5.74) is 0. The molecule has 0 bridgehead atoms. The van der Waals surface area contributed by atoms with Crippen molar-refractivity contribution >= 4 is 17.8 Å². The van der Waals surface area contributed by atoms with Crippen LogP contribution < -0.4 is 5.32 Å². The predicted molar refractivity (Wildman–Crippen MR) is 86.2 cm³/mol. The summed E-state index contributed by atoms with van der Waals surface area (Å²) in [5.74, 6) is -0.856. The molecular weight excluding hydrogens is 353 g/mol. The molecule has 1 atom stereocenters. The maximum atomic E-state index is 12.1. The standard InChI is InChI=1S/C14H20N4O.C2HF3O2/c19-13(12-4-5-12)18-8-1-3-11(10-18)9-17-14-15-6-2-7-16-14;3-2(4,5)1(6)7/h2,6-7,11-12H,1,3-5,8-10H2,(H,15,16,17);(H,6,7). The van der Waals surface area contributed by atoms with Gasteiger partial charge in [0.15, 0.2) is 0 Å². The van der Waals surface area contributed by atoms with Crippen molar-refractivity contribution < 1.29 is 27.9 Å². The van der Waals surface area contributed by atoms with Gasteiger partial charge in [-0.2, -0.15) is 13.2 Å². The Morgan fingerprint density at radius 3 is 2.38 bits per heavy atom. The molecule has 2 N–H and O–H groups in total. The van der Waals surface area contributed by atoms with Gasteiger partial charge in [-0.15, -0.1) is 0 Å². The van der Waals surface area contributed by atoms with Crippen molar-refractivity contribution in [3.63, 3.8) is 0 Å². The molecule has 26 heavy (non-hydrogen) atoms. The first-order valence-electron chi connectivity index (χ1n) is 8.37. The molecule has 1 unspecified atom stereocenters. The summed E-state index contributed by atoms with van der Waals surface area (Å²) in [6.45, 7) is 2.67. The van der Waals surface area contributed by atoms with Crippen LogP contribution in [0.5, 0.6) is 0 Å². The fraction of sp³-hybridized carbons (Fsp3) is 0.625. The summed E-state index contributed by atoms with van der Waals surface area (Å²) < 4.78 is 31.7. The van der Waals surface area contributed by atoms with Crippen LogP contribution in [-0.2, 0) is 9.59 Å². The molecule has 1 saturated carbocycles. The Hall–Kier alpha value is -2.39. The molecule has 1 amide bonds. The highest BCUT2D eigenvalue weighted by Crippen LogP contribution is 2.32. The highest BCUT2D eigenvalue weighted by Gasteiger charge is 2.38. The summed E-state index contributed by atoms with van der Waals surface area (Å²) in [6, 6.07) is 1.81. The van der Waals surface area contributed by atoms with Crippen molar-refractivity contribution in [2.45, 2.75) is 31.9 Å². The Morgan fingerprint density at radius 1 is 1.23 bits per heavy atom. The van der Waals surface area contributed by atoms with Crippen molar-refractivity contribution in [3.8, 4) is 0 Å². The van der Waals surface area contributed by atoms with Gasteiger partial charge in [-0.05, 0) is 37.7 Å². The number of hydrogen-bond donors (Lipinski definition) is 2. The molecule has 3 rings (SSSR count). The molecule has 10 heteroatoms. The van der Waals surface area contributed by atoms with E-state index in [-0.39, 0.29) is 0 Å². The topological polar surface area (TPSA) is 95.4 Å². The molecule has 1 saturated heterocycles. The number of piperidine rings is 1. The first-order valence-corrected chi connectivity index (χ1v) is 8.37. The second-order valence-electron chi connectivity index (χ2n) is 6.32. The number of hydrogen-bond acceptors (Lipinski definition) is 5. The Balaban J connectivity index is 0.000000298. The Morgan fingerprint density at radius 2 is 1.85 bits per heavy atom. The van der Waals surface area contributed by atoms with Gasteiger partial charge in [0.2, 0.25) is 11.9 Å². The number of aliphatic carboxylic acids is 1. The third kappa shape index (κ3) is 6.49. The van der Waals surface area contributed by atoms with Gasteiger partial charge in [-0.1, -0.05) is 0 Å². The Kier molecular flexibility index (Phi) is 6.76. The average Bonchev–Trinajstić information content (AvgIpc) is 3.45. The van der Waals surface area contributed by atoms with Crippen LogP contribution in [0.3, 0.4) is 0 Å². The third-order valence-electron chi connectivity index (χ3n) is 4.11. The van der Waals surface area contributed by atoms with Crippen LogP contribution >= 0.6 is 0 Å². The highest BCUT2D eigenvalue weighted by molar-refractivity contribution is 5.81. The fourth-order valence-corrected chi connectivity index (χ4v) is 2.65. The SMILES string of the molecule is O=C(C1CC1)N1CCCC(CNc2ncccn2)C1.O=C(O)C(F)(F)F. The number of carboxylic acids is 1. The van der Waals surface area contributed by atoms with Gasteiger partial charge in [-0.25, -0.2) is 14.8 Å². The maximum Gasteiger partial charge on any atom is 0.490 e. The molecule has 0 radical (unpaired) electrons. The first kappa shape index (κ1) is 19.9. The van der Waals surface area contributed by atoms with Crippen molar-refractivity contribution in [3.05, 3.63) is 18.5 Å². The molecule has 144 valence electrons. The number of rotatable bonds is 4.